The molecule has 27 heavy (non-hydrogen) atoms. The van der Waals surface area contributed by atoms with Crippen LogP contribution in [0.3, 0.4) is 0 Å². The van der Waals surface area contributed by atoms with Crippen LogP contribution in [0.1, 0.15) is 36.8 Å². The minimum absolute atomic E-state index is 0.0889. The zero-order valence-electron chi connectivity index (χ0n) is 15.6. The van der Waals surface area contributed by atoms with Crippen LogP contribution in [0.4, 0.5) is 4.79 Å². The molecule has 2 unspecified atom stereocenters. The molecule has 1 amide bonds. The minimum atomic E-state index is -0.639. The molecule has 0 radical (unpaired) electrons. The van der Waals surface area contributed by atoms with Gasteiger partial charge in [0.15, 0.2) is 0 Å². The Balaban J connectivity index is 1.32. The van der Waals surface area contributed by atoms with E-state index in [1.807, 2.05) is 19.1 Å². The average molecular weight is 363 g/mol. The third-order valence-corrected chi connectivity index (χ3v) is 6.99. The van der Waals surface area contributed by atoms with Crippen molar-refractivity contribution in [3.63, 3.8) is 0 Å². The molecular weight excluding hydrogens is 338 g/mol. The molecule has 2 aromatic carbocycles. The van der Waals surface area contributed by atoms with E-state index in [9.17, 15) is 9.90 Å². The van der Waals surface area contributed by atoms with Crippen LogP contribution in [0.5, 0.6) is 0 Å². The highest BCUT2D eigenvalue weighted by Crippen LogP contribution is 2.46. The number of carbonyl (C=O) groups excluding carboxylic acids is 1. The van der Waals surface area contributed by atoms with E-state index in [1.54, 1.807) is 4.90 Å². The average Bonchev–Trinajstić information content (AvgIpc) is 3.01. The maximum atomic E-state index is 12.7. The molecule has 4 nitrogen and oxygen atoms in total. The van der Waals surface area contributed by atoms with E-state index >= 15 is 0 Å². The summed E-state index contributed by atoms with van der Waals surface area (Å²) in [6, 6.07) is 16.7. The molecule has 1 heterocycles. The van der Waals surface area contributed by atoms with Crippen molar-refractivity contribution < 1.29 is 14.6 Å². The molecule has 3 aliphatic rings. The standard InChI is InChI=1S/C23H25NO3/c1-23(26)15-10-11-16(23)13-24(12-15)22(25)27-14-21-19-8-4-2-6-17(19)18-7-3-5-9-20(18)21/h2-9,15-16,21,26H,10-14H2,1H3. The highest BCUT2D eigenvalue weighted by molar-refractivity contribution is 5.79. The molecule has 140 valence electrons. The van der Waals surface area contributed by atoms with Crippen molar-refractivity contribution in [1.29, 1.82) is 0 Å². The highest BCUT2D eigenvalue weighted by atomic mass is 16.6. The van der Waals surface area contributed by atoms with E-state index in [1.165, 1.54) is 22.3 Å². The summed E-state index contributed by atoms with van der Waals surface area (Å²) in [6.45, 7) is 3.47. The number of hydrogen-bond acceptors (Lipinski definition) is 3. The lowest BCUT2D eigenvalue weighted by Gasteiger charge is -2.41. The molecule has 2 fully saturated rings. The second-order valence-corrected chi connectivity index (χ2v) is 8.41. The Kier molecular flexibility index (Phi) is 3.80. The van der Waals surface area contributed by atoms with Gasteiger partial charge in [0.05, 0.1) is 5.60 Å². The van der Waals surface area contributed by atoms with Crippen molar-refractivity contribution in [1.82, 2.24) is 4.90 Å². The summed E-state index contributed by atoms with van der Waals surface area (Å²) in [4.78, 5) is 14.5. The molecular formula is C23H25NO3. The zero-order valence-corrected chi connectivity index (χ0v) is 15.6. The van der Waals surface area contributed by atoms with Gasteiger partial charge in [-0.3, -0.25) is 0 Å². The van der Waals surface area contributed by atoms with Crippen LogP contribution < -0.4 is 0 Å². The number of carbonyl (C=O) groups is 1. The Hall–Kier alpha value is -2.33. The van der Waals surface area contributed by atoms with Crippen molar-refractivity contribution in [2.75, 3.05) is 19.7 Å². The quantitative estimate of drug-likeness (QED) is 0.876. The van der Waals surface area contributed by atoms with Gasteiger partial charge in [-0.1, -0.05) is 48.5 Å². The Bertz CT molecular complexity index is 829. The lowest BCUT2D eigenvalue weighted by molar-refractivity contribution is -0.0654. The van der Waals surface area contributed by atoms with E-state index in [2.05, 4.69) is 36.4 Å². The first kappa shape index (κ1) is 16.8. The van der Waals surface area contributed by atoms with Crippen LogP contribution in [0.2, 0.25) is 0 Å². The van der Waals surface area contributed by atoms with Gasteiger partial charge in [0.25, 0.3) is 0 Å². The van der Waals surface area contributed by atoms with Gasteiger partial charge in [-0.05, 0) is 42.0 Å². The van der Waals surface area contributed by atoms with Crippen LogP contribution in [0, 0.1) is 11.8 Å². The van der Waals surface area contributed by atoms with E-state index in [0.717, 1.165) is 12.8 Å². The Morgan fingerprint density at radius 1 is 1.04 bits per heavy atom. The summed E-state index contributed by atoms with van der Waals surface area (Å²) in [5.41, 5.74) is 4.30. The Labute approximate surface area is 159 Å². The molecule has 4 heteroatoms. The van der Waals surface area contributed by atoms with Crippen molar-refractivity contribution in [3.05, 3.63) is 59.7 Å². The number of fused-ring (bicyclic) bond motifs is 5. The zero-order chi connectivity index (χ0) is 18.6. The normalized spacial score (nSPS) is 28.7. The second kappa shape index (κ2) is 6.10. The molecule has 2 atom stereocenters. The van der Waals surface area contributed by atoms with Crippen LogP contribution in [-0.4, -0.2) is 41.4 Å². The third-order valence-electron chi connectivity index (χ3n) is 6.99. The monoisotopic (exact) mass is 363 g/mol. The number of amides is 1. The summed E-state index contributed by atoms with van der Waals surface area (Å²) in [5, 5.41) is 10.6. The number of rotatable bonds is 2. The van der Waals surface area contributed by atoms with Gasteiger partial charge in [0.1, 0.15) is 6.61 Å². The summed E-state index contributed by atoms with van der Waals surface area (Å²) < 4.78 is 5.78. The van der Waals surface area contributed by atoms with Crippen molar-refractivity contribution in [2.24, 2.45) is 11.8 Å². The molecule has 1 aliphatic heterocycles. The predicted octanol–water partition coefficient (Wildman–Crippen LogP) is 4.03. The largest absolute Gasteiger partial charge is 0.448 e. The maximum Gasteiger partial charge on any atom is 0.409 e. The fourth-order valence-corrected chi connectivity index (χ4v) is 5.31. The number of piperidine rings is 1. The topological polar surface area (TPSA) is 49.8 Å². The lowest BCUT2D eigenvalue weighted by atomic mass is 9.82. The lowest BCUT2D eigenvalue weighted by Crippen LogP contribution is -2.53. The van der Waals surface area contributed by atoms with Crippen LogP contribution in [-0.2, 0) is 4.74 Å². The molecule has 2 bridgehead atoms. The first-order valence-electron chi connectivity index (χ1n) is 9.88. The van der Waals surface area contributed by atoms with Gasteiger partial charge in [-0.2, -0.15) is 0 Å². The summed E-state index contributed by atoms with van der Waals surface area (Å²) in [6.07, 6.45) is 1.74. The van der Waals surface area contributed by atoms with Gasteiger partial charge in [0.2, 0.25) is 0 Å². The SMILES string of the molecule is CC1(O)C2CCC1CN(C(=O)OCC1c3ccccc3-c3ccccc31)C2. The van der Waals surface area contributed by atoms with Gasteiger partial charge >= 0.3 is 6.09 Å². The van der Waals surface area contributed by atoms with Gasteiger partial charge in [0, 0.05) is 30.8 Å². The van der Waals surface area contributed by atoms with Crippen LogP contribution >= 0.6 is 0 Å². The maximum absolute atomic E-state index is 12.7. The second-order valence-electron chi connectivity index (χ2n) is 8.41. The Morgan fingerprint density at radius 3 is 2.11 bits per heavy atom. The van der Waals surface area contributed by atoms with E-state index in [0.29, 0.717) is 19.7 Å². The molecule has 1 N–H and O–H groups in total. The first-order valence-corrected chi connectivity index (χ1v) is 9.88. The number of likely N-dealkylation sites (tertiary alicyclic amines) is 1. The third kappa shape index (κ3) is 2.58. The number of aliphatic hydroxyl groups is 1. The predicted molar refractivity (Wildman–Crippen MR) is 103 cm³/mol. The van der Waals surface area contributed by atoms with E-state index < -0.39 is 5.60 Å². The van der Waals surface area contributed by atoms with Crippen LogP contribution in [0.25, 0.3) is 11.1 Å². The summed E-state index contributed by atoms with van der Waals surface area (Å²) in [7, 11) is 0. The molecule has 0 spiro atoms. The van der Waals surface area contributed by atoms with Crippen molar-refractivity contribution >= 4 is 6.09 Å². The van der Waals surface area contributed by atoms with E-state index in [-0.39, 0.29) is 23.8 Å². The van der Waals surface area contributed by atoms with Gasteiger partial charge in [-0.15, -0.1) is 0 Å². The van der Waals surface area contributed by atoms with Crippen LogP contribution in [0.15, 0.2) is 48.5 Å². The number of nitrogens with zero attached hydrogens (tertiary/aromatic N) is 1. The fourth-order valence-electron chi connectivity index (χ4n) is 5.31. The number of hydrogen-bond donors (Lipinski definition) is 1. The molecule has 0 aromatic heterocycles. The van der Waals surface area contributed by atoms with E-state index in [4.69, 9.17) is 4.74 Å². The summed E-state index contributed by atoms with van der Waals surface area (Å²) >= 11 is 0. The summed E-state index contributed by atoms with van der Waals surface area (Å²) in [5.74, 6) is 0.416. The van der Waals surface area contributed by atoms with Crippen molar-refractivity contribution in [3.8, 4) is 11.1 Å². The molecule has 1 saturated heterocycles. The smallest absolute Gasteiger partial charge is 0.409 e. The molecule has 5 rings (SSSR count). The molecule has 1 saturated carbocycles. The minimum Gasteiger partial charge on any atom is -0.448 e. The molecule has 2 aromatic rings. The Morgan fingerprint density at radius 2 is 1.56 bits per heavy atom. The van der Waals surface area contributed by atoms with Gasteiger partial charge in [-0.25, -0.2) is 4.79 Å². The van der Waals surface area contributed by atoms with Crippen molar-refractivity contribution in [2.45, 2.75) is 31.3 Å². The fraction of sp³-hybridized carbons (Fsp3) is 0.435. The number of ether oxygens (including phenoxy) is 1. The first-order chi connectivity index (χ1) is 13.1. The molecule has 2 aliphatic carbocycles. The van der Waals surface area contributed by atoms with Gasteiger partial charge < -0.3 is 14.7 Å². The highest BCUT2D eigenvalue weighted by Gasteiger charge is 2.51. The number of benzene rings is 2.